The Balaban J connectivity index is 1.58. The van der Waals surface area contributed by atoms with Gasteiger partial charge in [0.2, 0.25) is 0 Å². The molecule has 0 radical (unpaired) electrons. The number of ether oxygens (including phenoxy) is 1. The lowest BCUT2D eigenvalue weighted by atomic mass is 10.1. The number of benzene rings is 2. The van der Waals surface area contributed by atoms with Gasteiger partial charge < -0.3 is 15.0 Å². The number of para-hydroxylation sites is 1. The van der Waals surface area contributed by atoms with E-state index in [0.29, 0.717) is 18.1 Å². The Morgan fingerprint density at radius 1 is 0.967 bits per heavy atom. The summed E-state index contributed by atoms with van der Waals surface area (Å²) in [5.74, 6) is 2.36. The Kier molecular flexibility index (Phi) is 4.36. The highest BCUT2D eigenvalue weighted by Crippen LogP contribution is 2.33. The van der Waals surface area contributed by atoms with Crippen molar-refractivity contribution in [3.63, 3.8) is 0 Å². The molecule has 0 saturated heterocycles. The Morgan fingerprint density at radius 3 is 2.43 bits per heavy atom. The molecule has 8 heteroatoms. The van der Waals surface area contributed by atoms with Gasteiger partial charge in [0.1, 0.15) is 17.0 Å². The van der Waals surface area contributed by atoms with Gasteiger partial charge in [0.25, 0.3) is 0 Å². The van der Waals surface area contributed by atoms with Crippen molar-refractivity contribution < 1.29 is 9.37 Å². The fourth-order valence-electron chi connectivity index (χ4n) is 3.47. The summed E-state index contributed by atoms with van der Waals surface area (Å²) in [4.78, 5) is 9.05. The van der Waals surface area contributed by atoms with Crippen LogP contribution in [-0.2, 0) is 6.54 Å². The topological polar surface area (TPSA) is 105 Å². The average Bonchev–Trinajstić information content (AvgIpc) is 3.37. The molecule has 3 aromatic heterocycles. The van der Waals surface area contributed by atoms with Crippen molar-refractivity contribution in [1.82, 2.24) is 24.8 Å². The van der Waals surface area contributed by atoms with Gasteiger partial charge in [-0.1, -0.05) is 30.3 Å². The van der Waals surface area contributed by atoms with Gasteiger partial charge in [-0.15, -0.1) is 0 Å². The van der Waals surface area contributed by atoms with Crippen LogP contribution in [0.2, 0.25) is 0 Å². The summed E-state index contributed by atoms with van der Waals surface area (Å²) < 4.78 is 12.7. The summed E-state index contributed by atoms with van der Waals surface area (Å²) >= 11 is 0. The fourth-order valence-corrected chi connectivity index (χ4v) is 3.47. The number of aryl methyl sites for hydroxylation is 1. The average molecular weight is 398 g/mol. The van der Waals surface area contributed by atoms with Gasteiger partial charge in [-0.25, -0.2) is 9.61 Å². The largest absolute Gasteiger partial charge is 0.457 e. The normalized spacial score (nSPS) is 11.1. The summed E-state index contributed by atoms with van der Waals surface area (Å²) in [6, 6.07) is 17.6. The van der Waals surface area contributed by atoms with Gasteiger partial charge in [0.15, 0.2) is 17.3 Å². The van der Waals surface area contributed by atoms with E-state index >= 15 is 0 Å². The molecule has 0 aliphatic heterocycles. The SMILES string of the molecule is CCn1c(-c2nonc2N)nc2cncc(-c3ccc(Oc4ccccc4)cc3)c21. The number of imidazole rings is 1. The van der Waals surface area contributed by atoms with Crippen LogP contribution < -0.4 is 10.5 Å². The molecule has 0 unspecified atom stereocenters. The number of hydrogen-bond donors (Lipinski definition) is 1. The number of fused-ring (bicyclic) bond motifs is 1. The molecule has 0 aliphatic rings. The second-order valence-corrected chi connectivity index (χ2v) is 6.67. The second-order valence-electron chi connectivity index (χ2n) is 6.67. The third kappa shape index (κ3) is 3.04. The minimum atomic E-state index is 0.205. The maximum absolute atomic E-state index is 5.90. The monoisotopic (exact) mass is 398 g/mol. The number of aromatic nitrogens is 5. The second kappa shape index (κ2) is 7.32. The van der Waals surface area contributed by atoms with Gasteiger partial charge in [0, 0.05) is 18.3 Å². The van der Waals surface area contributed by atoms with Crippen molar-refractivity contribution in [3.8, 4) is 34.1 Å². The van der Waals surface area contributed by atoms with Gasteiger partial charge in [-0.2, -0.15) is 0 Å². The lowest BCUT2D eigenvalue weighted by Gasteiger charge is -2.10. The standard InChI is InChI=1S/C22H18N6O2/c1-2-28-20-17(12-24-13-18(20)25-22(28)19-21(23)27-30-26-19)14-8-10-16(11-9-14)29-15-6-4-3-5-7-15/h3-13H,2H2,1H3,(H2,23,27). The molecular weight excluding hydrogens is 380 g/mol. The zero-order chi connectivity index (χ0) is 20.5. The molecule has 0 spiro atoms. The maximum atomic E-state index is 5.90. The predicted molar refractivity (Wildman–Crippen MR) is 113 cm³/mol. The summed E-state index contributed by atoms with van der Waals surface area (Å²) in [6.07, 6.45) is 3.56. The molecule has 5 aromatic rings. The van der Waals surface area contributed by atoms with Gasteiger partial charge in [-0.3, -0.25) is 4.98 Å². The minimum absolute atomic E-state index is 0.205. The van der Waals surface area contributed by atoms with E-state index in [1.54, 1.807) is 6.20 Å². The first-order chi connectivity index (χ1) is 14.7. The highest BCUT2D eigenvalue weighted by atomic mass is 16.6. The molecule has 0 amide bonds. The molecule has 3 heterocycles. The molecule has 30 heavy (non-hydrogen) atoms. The highest BCUT2D eigenvalue weighted by Gasteiger charge is 2.20. The van der Waals surface area contributed by atoms with E-state index < -0.39 is 0 Å². The van der Waals surface area contributed by atoms with E-state index in [-0.39, 0.29) is 5.82 Å². The van der Waals surface area contributed by atoms with Crippen molar-refractivity contribution in [2.75, 3.05) is 5.73 Å². The number of pyridine rings is 1. The van der Waals surface area contributed by atoms with Crippen LogP contribution >= 0.6 is 0 Å². The van der Waals surface area contributed by atoms with E-state index in [4.69, 9.17) is 15.1 Å². The van der Waals surface area contributed by atoms with Crippen molar-refractivity contribution in [2.45, 2.75) is 13.5 Å². The van der Waals surface area contributed by atoms with Crippen LogP contribution in [0.5, 0.6) is 11.5 Å². The van der Waals surface area contributed by atoms with E-state index in [1.807, 2.05) is 72.3 Å². The molecule has 2 aromatic carbocycles. The first-order valence-corrected chi connectivity index (χ1v) is 9.50. The lowest BCUT2D eigenvalue weighted by Crippen LogP contribution is -2.01. The number of nitrogens with zero attached hydrogens (tertiary/aromatic N) is 5. The van der Waals surface area contributed by atoms with E-state index in [2.05, 4.69) is 20.3 Å². The summed E-state index contributed by atoms with van der Waals surface area (Å²) in [5, 5.41) is 7.58. The zero-order valence-electron chi connectivity index (χ0n) is 16.2. The number of nitrogens with two attached hydrogens (primary N) is 1. The summed E-state index contributed by atoms with van der Waals surface area (Å²) in [7, 11) is 0. The van der Waals surface area contributed by atoms with Gasteiger partial charge in [-0.05, 0) is 47.1 Å². The third-order valence-electron chi connectivity index (χ3n) is 4.84. The van der Waals surface area contributed by atoms with Crippen LogP contribution in [0.25, 0.3) is 33.7 Å². The van der Waals surface area contributed by atoms with Gasteiger partial charge >= 0.3 is 0 Å². The number of anilines is 1. The van der Waals surface area contributed by atoms with Crippen molar-refractivity contribution in [3.05, 3.63) is 67.0 Å². The van der Waals surface area contributed by atoms with Crippen LogP contribution in [0.3, 0.4) is 0 Å². The molecule has 8 nitrogen and oxygen atoms in total. The first kappa shape index (κ1) is 17.9. The first-order valence-electron chi connectivity index (χ1n) is 9.50. The Bertz CT molecular complexity index is 1310. The van der Waals surface area contributed by atoms with Crippen LogP contribution in [0.4, 0.5) is 5.82 Å². The van der Waals surface area contributed by atoms with Crippen LogP contribution in [0.15, 0.2) is 71.6 Å². The quantitative estimate of drug-likeness (QED) is 0.463. The fraction of sp³-hybridized carbons (Fsp3) is 0.0909. The van der Waals surface area contributed by atoms with Crippen LogP contribution in [-0.4, -0.2) is 24.8 Å². The number of hydrogen-bond acceptors (Lipinski definition) is 7. The molecule has 0 aliphatic carbocycles. The molecule has 2 N–H and O–H groups in total. The summed E-state index contributed by atoms with van der Waals surface area (Å²) in [6.45, 7) is 2.71. The molecule has 0 saturated carbocycles. The maximum Gasteiger partial charge on any atom is 0.199 e. The number of rotatable bonds is 5. The molecule has 0 fully saturated rings. The van der Waals surface area contributed by atoms with E-state index in [0.717, 1.165) is 33.7 Å². The third-order valence-corrected chi connectivity index (χ3v) is 4.84. The van der Waals surface area contributed by atoms with E-state index in [1.165, 1.54) is 0 Å². The lowest BCUT2D eigenvalue weighted by molar-refractivity contribution is 0.310. The summed E-state index contributed by atoms with van der Waals surface area (Å²) in [5.41, 5.74) is 9.97. The minimum Gasteiger partial charge on any atom is -0.457 e. The van der Waals surface area contributed by atoms with Gasteiger partial charge in [0.05, 0.1) is 11.7 Å². The predicted octanol–water partition coefficient (Wildman–Crippen LogP) is 4.54. The highest BCUT2D eigenvalue weighted by molar-refractivity contribution is 5.94. The molecule has 148 valence electrons. The number of nitrogen functional groups attached to an aromatic ring is 1. The zero-order valence-corrected chi connectivity index (χ0v) is 16.2. The Hall–Kier alpha value is -4.20. The Labute approximate surface area is 171 Å². The van der Waals surface area contributed by atoms with Crippen molar-refractivity contribution in [2.24, 2.45) is 0 Å². The smallest absolute Gasteiger partial charge is 0.199 e. The van der Waals surface area contributed by atoms with Crippen LogP contribution in [0.1, 0.15) is 6.92 Å². The molecule has 5 rings (SSSR count). The van der Waals surface area contributed by atoms with Crippen molar-refractivity contribution >= 4 is 16.9 Å². The van der Waals surface area contributed by atoms with Crippen molar-refractivity contribution in [1.29, 1.82) is 0 Å². The molecule has 0 bridgehead atoms. The van der Waals surface area contributed by atoms with E-state index in [9.17, 15) is 0 Å². The Morgan fingerprint density at radius 2 is 1.73 bits per heavy atom. The van der Waals surface area contributed by atoms with Crippen LogP contribution in [0, 0.1) is 0 Å². The molecular formula is C22H18N6O2. The molecule has 0 atom stereocenters.